The topological polar surface area (TPSA) is 57.7 Å². The maximum Gasteiger partial charge on any atom is 0.321 e. The number of pyridine rings is 1. The zero-order chi connectivity index (χ0) is 18.9. The zero-order valence-corrected chi connectivity index (χ0v) is 15.9. The van der Waals surface area contributed by atoms with Crippen LogP contribution in [0.4, 0.5) is 10.5 Å². The second-order valence-electron chi connectivity index (χ2n) is 6.78. The molecule has 0 saturated carbocycles. The van der Waals surface area contributed by atoms with E-state index in [1.807, 2.05) is 53.7 Å². The summed E-state index contributed by atoms with van der Waals surface area (Å²) in [6.45, 7) is 6.98. The summed E-state index contributed by atoms with van der Waals surface area (Å²) >= 11 is 0. The molecule has 0 bridgehead atoms. The van der Waals surface area contributed by atoms with Gasteiger partial charge >= 0.3 is 6.03 Å². The van der Waals surface area contributed by atoms with Crippen molar-refractivity contribution in [3.63, 3.8) is 0 Å². The van der Waals surface area contributed by atoms with Gasteiger partial charge in [0.2, 0.25) is 0 Å². The van der Waals surface area contributed by atoms with Gasteiger partial charge in [-0.15, -0.1) is 0 Å². The number of urea groups is 1. The number of nitrogens with zero attached hydrogens (tertiary/aromatic N) is 3. The molecule has 0 unspecified atom stereocenters. The highest BCUT2D eigenvalue weighted by Gasteiger charge is 2.21. The highest BCUT2D eigenvalue weighted by Crippen LogP contribution is 2.17. The average molecular weight is 368 g/mol. The molecule has 1 aliphatic rings. The minimum atomic E-state index is -0.0433. The summed E-state index contributed by atoms with van der Waals surface area (Å²) in [7, 11) is 0. The van der Waals surface area contributed by atoms with Crippen LogP contribution in [0.2, 0.25) is 0 Å². The number of carbonyl (C=O) groups excluding carboxylic acids is 1. The molecule has 1 aliphatic heterocycles. The molecule has 2 amide bonds. The fourth-order valence-electron chi connectivity index (χ4n) is 3.03. The van der Waals surface area contributed by atoms with E-state index in [2.05, 4.69) is 22.1 Å². The lowest BCUT2D eigenvalue weighted by Gasteiger charge is -2.34. The van der Waals surface area contributed by atoms with Gasteiger partial charge in [0.05, 0.1) is 6.61 Å². The minimum Gasteiger partial charge on any atom is -0.494 e. The molecule has 0 aliphatic carbocycles. The number of unbranched alkanes of at least 4 members (excludes halogenated alkanes) is 1. The predicted octanol–water partition coefficient (Wildman–Crippen LogP) is 3.61. The van der Waals surface area contributed by atoms with E-state index in [1.54, 1.807) is 0 Å². The summed E-state index contributed by atoms with van der Waals surface area (Å²) in [5.41, 5.74) is 2.05. The number of ether oxygens (including phenoxy) is 1. The number of hydrogen-bond acceptors (Lipinski definition) is 4. The van der Waals surface area contributed by atoms with Gasteiger partial charge in [-0.1, -0.05) is 13.3 Å². The first kappa shape index (κ1) is 19.2. The maximum atomic E-state index is 12.5. The summed E-state index contributed by atoms with van der Waals surface area (Å²) in [6.07, 6.45) is 5.80. The quantitative estimate of drug-likeness (QED) is 0.759. The van der Waals surface area contributed by atoms with Crippen molar-refractivity contribution in [3.8, 4) is 5.75 Å². The average Bonchev–Trinajstić information content (AvgIpc) is 2.71. The number of hydrogen-bond donors (Lipinski definition) is 1. The van der Waals surface area contributed by atoms with E-state index in [0.717, 1.165) is 63.6 Å². The second-order valence-corrected chi connectivity index (χ2v) is 6.78. The standard InChI is InChI=1S/C21H28N4O2/c1-2-3-16-27-20-6-4-19(5-7-20)23-21(26)25-14-12-24(13-15-25)17-18-8-10-22-11-9-18/h4-11H,2-3,12-17H2,1H3,(H,23,26). The Balaban J connectivity index is 1.42. The molecule has 6 heteroatoms. The lowest BCUT2D eigenvalue weighted by molar-refractivity contribution is 0.143. The zero-order valence-electron chi connectivity index (χ0n) is 15.9. The van der Waals surface area contributed by atoms with Gasteiger partial charge in [-0.3, -0.25) is 9.88 Å². The molecule has 3 rings (SSSR count). The first-order valence-corrected chi connectivity index (χ1v) is 9.64. The highest BCUT2D eigenvalue weighted by molar-refractivity contribution is 5.89. The van der Waals surface area contributed by atoms with Gasteiger partial charge in [-0.25, -0.2) is 4.79 Å². The Kier molecular flexibility index (Phi) is 7.04. The molecule has 0 radical (unpaired) electrons. The summed E-state index contributed by atoms with van der Waals surface area (Å²) in [4.78, 5) is 20.8. The van der Waals surface area contributed by atoms with Crippen molar-refractivity contribution in [1.29, 1.82) is 0 Å². The number of benzene rings is 1. The van der Waals surface area contributed by atoms with Crippen molar-refractivity contribution < 1.29 is 9.53 Å². The van der Waals surface area contributed by atoms with E-state index in [0.29, 0.717) is 0 Å². The number of piperazine rings is 1. The Morgan fingerprint density at radius 1 is 1.07 bits per heavy atom. The van der Waals surface area contributed by atoms with Crippen LogP contribution >= 0.6 is 0 Å². The van der Waals surface area contributed by atoms with E-state index in [9.17, 15) is 4.79 Å². The molecule has 2 heterocycles. The Bertz CT molecular complexity index is 698. The van der Waals surface area contributed by atoms with Crippen LogP contribution in [0.1, 0.15) is 25.3 Å². The fourth-order valence-corrected chi connectivity index (χ4v) is 3.03. The second kappa shape index (κ2) is 9.92. The Morgan fingerprint density at radius 2 is 1.78 bits per heavy atom. The normalized spacial score (nSPS) is 14.8. The number of rotatable bonds is 7. The molecule has 6 nitrogen and oxygen atoms in total. The largest absolute Gasteiger partial charge is 0.494 e. The molecule has 0 spiro atoms. The first-order chi connectivity index (χ1) is 13.2. The van der Waals surface area contributed by atoms with Crippen LogP contribution < -0.4 is 10.1 Å². The van der Waals surface area contributed by atoms with Gasteiger partial charge in [0, 0.05) is 50.8 Å². The maximum absolute atomic E-state index is 12.5. The van der Waals surface area contributed by atoms with Crippen LogP contribution in [-0.2, 0) is 6.54 Å². The molecule has 0 atom stereocenters. The van der Waals surface area contributed by atoms with Crippen LogP contribution in [0.25, 0.3) is 0 Å². The van der Waals surface area contributed by atoms with Crippen molar-refractivity contribution in [2.24, 2.45) is 0 Å². The Labute approximate surface area is 161 Å². The van der Waals surface area contributed by atoms with Gasteiger partial charge in [0.1, 0.15) is 5.75 Å². The molecule has 1 N–H and O–H groups in total. The van der Waals surface area contributed by atoms with Gasteiger partial charge in [-0.05, 0) is 48.4 Å². The van der Waals surface area contributed by atoms with Crippen LogP contribution in [-0.4, -0.2) is 53.6 Å². The van der Waals surface area contributed by atoms with Crippen molar-refractivity contribution in [2.45, 2.75) is 26.3 Å². The number of anilines is 1. The van der Waals surface area contributed by atoms with Gasteiger partial charge in [0.15, 0.2) is 0 Å². The molecule has 1 aromatic heterocycles. The van der Waals surface area contributed by atoms with Crippen LogP contribution in [0, 0.1) is 0 Å². The summed E-state index contributed by atoms with van der Waals surface area (Å²) in [5.74, 6) is 0.839. The van der Waals surface area contributed by atoms with Crippen LogP contribution in [0.5, 0.6) is 5.75 Å². The summed E-state index contributed by atoms with van der Waals surface area (Å²) in [5, 5.41) is 2.98. The SMILES string of the molecule is CCCCOc1ccc(NC(=O)N2CCN(Cc3ccncc3)CC2)cc1. The molecule has 144 valence electrons. The Morgan fingerprint density at radius 3 is 2.44 bits per heavy atom. The first-order valence-electron chi connectivity index (χ1n) is 9.64. The number of aromatic nitrogens is 1. The molecule has 1 fully saturated rings. The van der Waals surface area contributed by atoms with Crippen LogP contribution in [0.15, 0.2) is 48.8 Å². The molecule has 2 aromatic rings. The number of carbonyl (C=O) groups is 1. The third-order valence-electron chi connectivity index (χ3n) is 4.69. The van der Waals surface area contributed by atoms with Crippen molar-refractivity contribution in [1.82, 2.24) is 14.8 Å². The fraction of sp³-hybridized carbons (Fsp3) is 0.429. The third-order valence-corrected chi connectivity index (χ3v) is 4.69. The highest BCUT2D eigenvalue weighted by atomic mass is 16.5. The van der Waals surface area contributed by atoms with E-state index in [1.165, 1.54) is 5.56 Å². The summed E-state index contributed by atoms with van der Waals surface area (Å²) < 4.78 is 5.65. The number of amides is 2. The molecule has 27 heavy (non-hydrogen) atoms. The van der Waals surface area contributed by atoms with Crippen LogP contribution in [0.3, 0.4) is 0 Å². The smallest absolute Gasteiger partial charge is 0.321 e. The van der Waals surface area contributed by atoms with E-state index in [4.69, 9.17) is 4.74 Å². The lowest BCUT2D eigenvalue weighted by Crippen LogP contribution is -2.49. The van der Waals surface area contributed by atoms with Gasteiger partial charge in [-0.2, -0.15) is 0 Å². The van der Waals surface area contributed by atoms with Gasteiger partial charge in [0.25, 0.3) is 0 Å². The van der Waals surface area contributed by atoms with Crippen molar-refractivity contribution in [2.75, 3.05) is 38.1 Å². The van der Waals surface area contributed by atoms with E-state index in [-0.39, 0.29) is 6.03 Å². The predicted molar refractivity (Wildman–Crippen MR) is 107 cm³/mol. The molecule has 1 saturated heterocycles. The van der Waals surface area contributed by atoms with E-state index >= 15 is 0 Å². The Hall–Kier alpha value is -2.60. The van der Waals surface area contributed by atoms with Crippen molar-refractivity contribution >= 4 is 11.7 Å². The summed E-state index contributed by atoms with van der Waals surface area (Å²) in [6, 6.07) is 11.6. The van der Waals surface area contributed by atoms with E-state index < -0.39 is 0 Å². The molecule has 1 aromatic carbocycles. The minimum absolute atomic E-state index is 0.0433. The monoisotopic (exact) mass is 368 g/mol. The third kappa shape index (κ3) is 5.96. The van der Waals surface area contributed by atoms with Crippen molar-refractivity contribution in [3.05, 3.63) is 54.4 Å². The van der Waals surface area contributed by atoms with Gasteiger partial charge < -0.3 is 15.0 Å². The molecular weight excluding hydrogens is 340 g/mol. The molecular formula is C21H28N4O2. The number of nitrogens with one attached hydrogen (secondary N) is 1. The lowest BCUT2D eigenvalue weighted by atomic mass is 10.2.